The Labute approximate surface area is 230 Å². The van der Waals surface area contributed by atoms with Gasteiger partial charge in [-0.15, -0.1) is 10.2 Å². The van der Waals surface area contributed by atoms with E-state index in [4.69, 9.17) is 5.73 Å². The van der Waals surface area contributed by atoms with Crippen LogP contribution in [0, 0.1) is 17.6 Å². The van der Waals surface area contributed by atoms with Gasteiger partial charge in [0.05, 0.1) is 0 Å². The van der Waals surface area contributed by atoms with E-state index in [1.807, 2.05) is 42.5 Å². The van der Waals surface area contributed by atoms with Crippen LogP contribution >= 0.6 is 11.8 Å². The maximum absolute atomic E-state index is 13.9. The van der Waals surface area contributed by atoms with Crippen molar-refractivity contribution in [1.82, 2.24) is 20.1 Å². The van der Waals surface area contributed by atoms with Gasteiger partial charge in [-0.05, 0) is 53.8 Å². The molecule has 0 saturated carbocycles. The van der Waals surface area contributed by atoms with Crippen LogP contribution in [-0.2, 0) is 24.2 Å². The fraction of sp³-hybridized carbons (Fsp3) is 0.276. The van der Waals surface area contributed by atoms with Crippen molar-refractivity contribution < 1.29 is 18.7 Å². The molecule has 3 atom stereocenters. The lowest BCUT2D eigenvalue weighted by Gasteiger charge is -2.29. The number of halogens is 2. The fourth-order valence-corrected chi connectivity index (χ4v) is 5.64. The average molecular weight is 552 g/mol. The molecule has 1 aromatic heterocycles. The Bertz CT molecular complexity index is 1360. The number of carboxylic acids is 1. The molecule has 0 radical (unpaired) electrons. The Hall–Kier alpha value is -3.60. The highest BCUT2D eigenvalue weighted by molar-refractivity contribution is 8.00. The summed E-state index contributed by atoms with van der Waals surface area (Å²) in [5.74, 6) is -3.09. The Balaban J connectivity index is 1.58. The van der Waals surface area contributed by atoms with Crippen LogP contribution < -0.4 is 11.1 Å². The van der Waals surface area contributed by atoms with E-state index in [0.717, 1.165) is 35.5 Å². The number of benzene rings is 3. The molecule has 0 aliphatic rings. The van der Waals surface area contributed by atoms with Crippen LogP contribution in [0.2, 0.25) is 0 Å². The Morgan fingerprint density at radius 1 is 1.03 bits per heavy atom. The summed E-state index contributed by atoms with van der Waals surface area (Å²) in [7, 11) is 0. The smallest absolute Gasteiger partial charge is 0.317 e. The lowest BCUT2D eigenvalue weighted by molar-refractivity contribution is -0.137. The van der Waals surface area contributed by atoms with Crippen LogP contribution in [0.3, 0.4) is 0 Å². The van der Waals surface area contributed by atoms with Crippen molar-refractivity contribution in [3.63, 3.8) is 0 Å². The van der Waals surface area contributed by atoms with Crippen molar-refractivity contribution in [1.29, 1.82) is 0 Å². The summed E-state index contributed by atoms with van der Waals surface area (Å²) >= 11 is 1.05. The van der Waals surface area contributed by atoms with Gasteiger partial charge in [-0.3, -0.25) is 9.36 Å². The van der Waals surface area contributed by atoms with Crippen molar-refractivity contribution in [3.05, 3.63) is 107 Å². The molecule has 39 heavy (non-hydrogen) atoms. The molecule has 0 amide bonds. The first-order valence-corrected chi connectivity index (χ1v) is 13.6. The number of hydrogen-bond donors (Lipinski definition) is 3. The number of aryl methyl sites for hydroxylation is 1. The number of carbonyl (C=O) groups is 1. The zero-order valence-electron chi connectivity index (χ0n) is 21.5. The molecule has 4 rings (SSSR count). The first kappa shape index (κ1) is 28.4. The molecule has 10 heteroatoms. The number of rotatable bonds is 13. The second kappa shape index (κ2) is 13.5. The van der Waals surface area contributed by atoms with Crippen molar-refractivity contribution in [3.8, 4) is 5.69 Å². The molecular weight excluding hydrogens is 520 g/mol. The van der Waals surface area contributed by atoms with E-state index in [1.165, 1.54) is 24.0 Å². The number of nitrogens with zero attached hydrogens (tertiary/aromatic N) is 3. The minimum absolute atomic E-state index is 0.0993. The lowest BCUT2D eigenvalue weighted by Crippen LogP contribution is -2.47. The molecule has 4 aromatic rings. The average Bonchev–Trinajstić information content (AvgIpc) is 3.38. The minimum Gasteiger partial charge on any atom is -0.480 e. The summed E-state index contributed by atoms with van der Waals surface area (Å²) in [5.41, 5.74) is 10.0. The van der Waals surface area contributed by atoms with Gasteiger partial charge < -0.3 is 16.2 Å². The van der Waals surface area contributed by atoms with Gasteiger partial charge in [-0.1, -0.05) is 61.2 Å². The Morgan fingerprint density at radius 2 is 1.74 bits per heavy atom. The van der Waals surface area contributed by atoms with Crippen molar-refractivity contribution in [2.75, 3.05) is 6.54 Å². The fourth-order valence-electron chi connectivity index (χ4n) is 4.48. The van der Waals surface area contributed by atoms with Crippen LogP contribution in [0.5, 0.6) is 0 Å². The maximum atomic E-state index is 13.9. The van der Waals surface area contributed by atoms with E-state index >= 15 is 0 Å². The predicted octanol–water partition coefficient (Wildman–Crippen LogP) is 4.63. The molecule has 0 fully saturated rings. The number of aliphatic carboxylic acids is 1. The number of aromatic nitrogens is 3. The van der Waals surface area contributed by atoms with Crippen LogP contribution in [0.15, 0.2) is 84.3 Å². The van der Waals surface area contributed by atoms with Gasteiger partial charge in [0.15, 0.2) is 5.16 Å². The molecule has 1 unspecified atom stereocenters. The van der Waals surface area contributed by atoms with Gasteiger partial charge in [0, 0.05) is 36.8 Å². The third kappa shape index (κ3) is 7.72. The van der Waals surface area contributed by atoms with E-state index in [9.17, 15) is 18.7 Å². The molecule has 4 N–H and O–H groups in total. The number of para-hydroxylation sites is 1. The minimum atomic E-state index is -1.07. The summed E-state index contributed by atoms with van der Waals surface area (Å²) in [6.45, 7) is 2.86. The van der Waals surface area contributed by atoms with Gasteiger partial charge in [0.1, 0.15) is 23.2 Å². The second-order valence-electron chi connectivity index (χ2n) is 9.31. The quantitative estimate of drug-likeness (QED) is 0.208. The summed E-state index contributed by atoms with van der Waals surface area (Å²) in [4.78, 5) is 12.6. The summed E-state index contributed by atoms with van der Waals surface area (Å²) in [6, 6.07) is 20.0. The van der Waals surface area contributed by atoms with Crippen molar-refractivity contribution >= 4 is 17.7 Å². The molecule has 0 aliphatic carbocycles. The largest absolute Gasteiger partial charge is 0.480 e. The number of nitrogens with two attached hydrogens (primary N) is 1. The van der Waals surface area contributed by atoms with E-state index in [2.05, 4.69) is 34.6 Å². The molecule has 3 aromatic carbocycles. The van der Waals surface area contributed by atoms with E-state index < -0.39 is 34.8 Å². The van der Waals surface area contributed by atoms with Crippen LogP contribution in [0.4, 0.5) is 8.78 Å². The van der Waals surface area contributed by atoms with E-state index in [-0.39, 0.29) is 13.0 Å². The zero-order chi connectivity index (χ0) is 27.8. The van der Waals surface area contributed by atoms with Gasteiger partial charge >= 0.3 is 5.97 Å². The number of thioether (sulfide) groups is 1. The standard InChI is InChI=1S/C29H31F2N5O2S/c1-2-19-7-6-8-20(11-19)16-33-17-25(26(32)14-21-12-22(30)15-23(31)13-21)27(28(37)38)39-29-35-34-18-36(29)24-9-4-3-5-10-24/h3-13,15,18,25-27,33H,2,14,16-17,32H2,1H3,(H,37,38)/t25-,26+,27?/m1/s1. The third-order valence-electron chi connectivity index (χ3n) is 6.47. The van der Waals surface area contributed by atoms with Crippen molar-refractivity contribution in [2.45, 2.75) is 42.8 Å². The van der Waals surface area contributed by atoms with E-state index in [0.29, 0.717) is 17.3 Å². The van der Waals surface area contributed by atoms with Gasteiger partial charge in [0.2, 0.25) is 0 Å². The second-order valence-corrected chi connectivity index (χ2v) is 10.4. The maximum Gasteiger partial charge on any atom is 0.317 e. The van der Waals surface area contributed by atoms with Crippen LogP contribution in [0.1, 0.15) is 23.6 Å². The van der Waals surface area contributed by atoms with Gasteiger partial charge in [-0.2, -0.15) is 0 Å². The molecular formula is C29H31F2N5O2S. The van der Waals surface area contributed by atoms with Gasteiger partial charge in [0.25, 0.3) is 0 Å². The predicted molar refractivity (Wildman–Crippen MR) is 148 cm³/mol. The van der Waals surface area contributed by atoms with Crippen molar-refractivity contribution in [2.24, 2.45) is 11.7 Å². The first-order valence-electron chi connectivity index (χ1n) is 12.7. The monoisotopic (exact) mass is 551 g/mol. The van der Waals surface area contributed by atoms with E-state index in [1.54, 1.807) is 4.57 Å². The molecule has 0 spiro atoms. The topological polar surface area (TPSA) is 106 Å². The number of carboxylic acid groups (broad SMARTS) is 1. The third-order valence-corrected chi connectivity index (χ3v) is 7.76. The number of nitrogens with one attached hydrogen (secondary N) is 1. The van der Waals surface area contributed by atoms with Crippen LogP contribution in [-0.4, -0.2) is 43.7 Å². The lowest BCUT2D eigenvalue weighted by atomic mass is 9.90. The zero-order valence-corrected chi connectivity index (χ0v) is 22.3. The summed E-state index contributed by atoms with van der Waals surface area (Å²) in [6.07, 6.45) is 2.54. The first-order chi connectivity index (χ1) is 18.8. The highest BCUT2D eigenvalue weighted by Gasteiger charge is 2.35. The molecule has 7 nitrogen and oxygen atoms in total. The summed E-state index contributed by atoms with van der Waals surface area (Å²) in [5, 5.41) is 21.2. The molecule has 0 bridgehead atoms. The Morgan fingerprint density at radius 3 is 2.44 bits per heavy atom. The number of hydrogen-bond acceptors (Lipinski definition) is 6. The molecule has 0 aliphatic heterocycles. The highest BCUT2D eigenvalue weighted by Crippen LogP contribution is 2.31. The molecule has 0 saturated heterocycles. The molecule has 204 valence electrons. The summed E-state index contributed by atoms with van der Waals surface area (Å²) < 4.78 is 29.5. The normalized spacial score (nSPS) is 13.6. The van der Waals surface area contributed by atoms with Gasteiger partial charge in [-0.25, -0.2) is 8.78 Å². The van der Waals surface area contributed by atoms with Crippen LogP contribution in [0.25, 0.3) is 5.69 Å². The highest BCUT2D eigenvalue weighted by atomic mass is 32.2. The SMILES string of the molecule is CCc1cccc(CNC[C@@H](C(Sc2nncn2-c2ccccc2)C(=O)O)[C@@H](N)Cc2cc(F)cc(F)c2)c1. The Kier molecular flexibility index (Phi) is 9.80. The molecule has 1 heterocycles.